The molecule has 0 saturated heterocycles. The van der Waals surface area contributed by atoms with Gasteiger partial charge in [0.25, 0.3) is 0 Å². The van der Waals surface area contributed by atoms with Gasteiger partial charge >= 0.3 is 0 Å². The molecule has 0 fully saturated rings. The molecular weight excluding hydrogens is 260 g/mol. The number of fused-ring (bicyclic) bond motifs is 1. The summed E-state index contributed by atoms with van der Waals surface area (Å²) in [6.45, 7) is 2.08. The van der Waals surface area contributed by atoms with Crippen LogP contribution in [0.5, 0.6) is 0 Å². The third kappa shape index (κ3) is 3.35. The van der Waals surface area contributed by atoms with Gasteiger partial charge in [0, 0.05) is 17.1 Å². The number of thioether (sulfide) groups is 1. The molecule has 5 nitrogen and oxygen atoms in total. The van der Waals surface area contributed by atoms with Gasteiger partial charge in [-0.3, -0.25) is 0 Å². The molecule has 0 spiro atoms. The molecule has 3 N–H and O–H groups in total. The molecule has 0 radical (unpaired) electrons. The SMILES string of the molecule is CCC(C/C(N)=N/O)Sc1ncnc2ccccc12. The van der Waals surface area contributed by atoms with Gasteiger partial charge in [0.2, 0.25) is 0 Å². The molecule has 0 aliphatic heterocycles. The maximum Gasteiger partial charge on any atom is 0.140 e. The van der Waals surface area contributed by atoms with E-state index in [0.29, 0.717) is 6.42 Å². The number of hydrogen-bond acceptors (Lipinski definition) is 5. The highest BCUT2D eigenvalue weighted by Crippen LogP contribution is 2.30. The van der Waals surface area contributed by atoms with E-state index >= 15 is 0 Å². The molecule has 100 valence electrons. The lowest BCUT2D eigenvalue weighted by molar-refractivity contribution is 0.316. The molecular formula is C13H16N4OS. The van der Waals surface area contributed by atoms with Crippen molar-refractivity contribution in [3.05, 3.63) is 30.6 Å². The second-order valence-electron chi connectivity index (χ2n) is 4.14. The predicted molar refractivity (Wildman–Crippen MR) is 77.5 cm³/mol. The smallest absolute Gasteiger partial charge is 0.140 e. The van der Waals surface area contributed by atoms with Crippen molar-refractivity contribution in [2.24, 2.45) is 10.9 Å². The molecule has 1 aromatic carbocycles. The van der Waals surface area contributed by atoms with E-state index in [-0.39, 0.29) is 11.1 Å². The molecule has 1 atom stereocenters. The Labute approximate surface area is 115 Å². The van der Waals surface area contributed by atoms with Gasteiger partial charge in [0.05, 0.1) is 5.52 Å². The second-order valence-corrected chi connectivity index (χ2v) is 5.43. The molecule has 1 unspecified atom stereocenters. The van der Waals surface area contributed by atoms with Crippen molar-refractivity contribution < 1.29 is 5.21 Å². The number of aromatic nitrogens is 2. The zero-order valence-electron chi connectivity index (χ0n) is 10.7. The van der Waals surface area contributed by atoms with Gasteiger partial charge in [-0.2, -0.15) is 0 Å². The summed E-state index contributed by atoms with van der Waals surface area (Å²) < 4.78 is 0. The fourth-order valence-corrected chi connectivity index (χ4v) is 2.92. The van der Waals surface area contributed by atoms with Crippen molar-refractivity contribution in [1.29, 1.82) is 0 Å². The highest BCUT2D eigenvalue weighted by atomic mass is 32.2. The van der Waals surface area contributed by atoms with Crippen LogP contribution in [0, 0.1) is 0 Å². The lowest BCUT2D eigenvalue weighted by Crippen LogP contribution is -2.18. The van der Waals surface area contributed by atoms with Crippen LogP contribution >= 0.6 is 11.8 Å². The Balaban J connectivity index is 2.24. The predicted octanol–water partition coefficient (Wildman–Crippen LogP) is 2.64. The number of nitrogens with zero attached hydrogens (tertiary/aromatic N) is 3. The van der Waals surface area contributed by atoms with Crippen LogP contribution in [0.25, 0.3) is 10.9 Å². The van der Waals surface area contributed by atoms with E-state index in [1.807, 2.05) is 24.3 Å². The van der Waals surface area contributed by atoms with Gasteiger partial charge in [-0.15, -0.1) is 11.8 Å². The van der Waals surface area contributed by atoms with E-state index in [9.17, 15) is 0 Å². The summed E-state index contributed by atoms with van der Waals surface area (Å²) in [5, 5.41) is 13.9. The first-order valence-electron chi connectivity index (χ1n) is 6.07. The first-order valence-corrected chi connectivity index (χ1v) is 6.95. The maximum atomic E-state index is 8.65. The van der Waals surface area contributed by atoms with Crippen LogP contribution < -0.4 is 5.73 Å². The first kappa shape index (κ1) is 13.6. The van der Waals surface area contributed by atoms with Crippen molar-refractivity contribution in [3.8, 4) is 0 Å². The molecule has 2 rings (SSSR count). The Morgan fingerprint density at radius 3 is 2.95 bits per heavy atom. The number of benzene rings is 1. The van der Waals surface area contributed by atoms with E-state index in [4.69, 9.17) is 10.9 Å². The zero-order valence-corrected chi connectivity index (χ0v) is 11.5. The fourth-order valence-electron chi connectivity index (χ4n) is 1.78. The highest BCUT2D eigenvalue weighted by molar-refractivity contribution is 8.00. The van der Waals surface area contributed by atoms with E-state index < -0.39 is 0 Å². The molecule has 1 aromatic heterocycles. The van der Waals surface area contributed by atoms with Gasteiger partial charge in [-0.1, -0.05) is 30.3 Å². The summed E-state index contributed by atoms with van der Waals surface area (Å²) in [7, 11) is 0. The average molecular weight is 276 g/mol. The van der Waals surface area contributed by atoms with Gasteiger partial charge in [-0.25, -0.2) is 9.97 Å². The number of nitrogens with two attached hydrogens (primary N) is 1. The van der Waals surface area contributed by atoms with Crippen molar-refractivity contribution in [3.63, 3.8) is 0 Å². The molecule has 6 heteroatoms. The molecule has 2 aromatic rings. The normalized spacial score (nSPS) is 13.6. The van der Waals surface area contributed by atoms with E-state index in [2.05, 4.69) is 22.0 Å². The second kappa shape index (κ2) is 6.38. The third-order valence-corrected chi connectivity index (χ3v) is 4.19. The minimum atomic E-state index is 0.231. The monoisotopic (exact) mass is 276 g/mol. The molecule has 0 aliphatic carbocycles. The molecule has 19 heavy (non-hydrogen) atoms. The maximum absolute atomic E-state index is 8.65. The number of hydrogen-bond donors (Lipinski definition) is 2. The van der Waals surface area contributed by atoms with Crippen LogP contribution in [0.2, 0.25) is 0 Å². The quantitative estimate of drug-likeness (QED) is 0.219. The molecule has 0 saturated carbocycles. The topological polar surface area (TPSA) is 84.4 Å². The number of oxime groups is 1. The molecule has 1 heterocycles. The lowest BCUT2D eigenvalue weighted by Gasteiger charge is -2.13. The highest BCUT2D eigenvalue weighted by Gasteiger charge is 2.13. The van der Waals surface area contributed by atoms with E-state index in [1.165, 1.54) is 0 Å². The largest absolute Gasteiger partial charge is 0.409 e. The van der Waals surface area contributed by atoms with Crippen LogP contribution in [-0.2, 0) is 0 Å². The van der Waals surface area contributed by atoms with Gasteiger partial charge in [0.15, 0.2) is 0 Å². The van der Waals surface area contributed by atoms with Crippen LogP contribution in [0.1, 0.15) is 19.8 Å². The first-order chi connectivity index (χ1) is 9.24. The van der Waals surface area contributed by atoms with Crippen LogP contribution in [0.15, 0.2) is 40.8 Å². The lowest BCUT2D eigenvalue weighted by atomic mass is 10.2. The van der Waals surface area contributed by atoms with Gasteiger partial charge < -0.3 is 10.9 Å². The Kier molecular flexibility index (Phi) is 4.57. The van der Waals surface area contributed by atoms with Crippen molar-refractivity contribution in [1.82, 2.24) is 9.97 Å². The number of rotatable bonds is 5. The number of para-hydroxylation sites is 1. The Hall–Kier alpha value is -1.82. The molecule has 0 aliphatic rings. The molecule has 0 amide bonds. The van der Waals surface area contributed by atoms with Crippen molar-refractivity contribution in [2.45, 2.75) is 30.0 Å². The number of amidine groups is 1. The summed E-state index contributed by atoms with van der Waals surface area (Å²) in [5.74, 6) is 0.248. The summed E-state index contributed by atoms with van der Waals surface area (Å²) >= 11 is 1.64. The summed E-state index contributed by atoms with van der Waals surface area (Å²) in [5.41, 5.74) is 6.50. The van der Waals surface area contributed by atoms with E-state index in [0.717, 1.165) is 22.3 Å². The Morgan fingerprint density at radius 2 is 2.21 bits per heavy atom. The summed E-state index contributed by atoms with van der Waals surface area (Å²) in [4.78, 5) is 8.58. The Bertz CT molecular complexity index is 582. The molecule has 0 bridgehead atoms. The van der Waals surface area contributed by atoms with Crippen LogP contribution in [0.3, 0.4) is 0 Å². The third-order valence-electron chi connectivity index (χ3n) is 2.81. The van der Waals surface area contributed by atoms with Crippen molar-refractivity contribution in [2.75, 3.05) is 0 Å². The zero-order chi connectivity index (χ0) is 13.7. The van der Waals surface area contributed by atoms with Crippen LogP contribution in [-0.4, -0.2) is 26.3 Å². The van der Waals surface area contributed by atoms with Gasteiger partial charge in [0.1, 0.15) is 17.2 Å². The van der Waals surface area contributed by atoms with Gasteiger partial charge in [-0.05, 0) is 12.5 Å². The minimum Gasteiger partial charge on any atom is -0.409 e. The average Bonchev–Trinajstić information content (AvgIpc) is 2.46. The minimum absolute atomic E-state index is 0.231. The standard InChI is InChI=1S/C13H16N4OS/c1-2-9(7-12(14)17-18)19-13-10-5-3-4-6-11(10)15-8-16-13/h3-6,8-9,18H,2,7H2,1H3,(H2,14,17). The summed E-state index contributed by atoms with van der Waals surface area (Å²) in [6, 6.07) is 7.90. The Morgan fingerprint density at radius 1 is 1.42 bits per heavy atom. The van der Waals surface area contributed by atoms with E-state index in [1.54, 1.807) is 18.1 Å². The van der Waals surface area contributed by atoms with Crippen molar-refractivity contribution >= 4 is 28.5 Å². The fraction of sp³-hybridized carbons (Fsp3) is 0.308. The van der Waals surface area contributed by atoms with Crippen LogP contribution in [0.4, 0.5) is 0 Å². The summed E-state index contributed by atoms with van der Waals surface area (Å²) in [6.07, 6.45) is 3.02.